The molecule has 0 atom stereocenters. The van der Waals surface area contributed by atoms with Gasteiger partial charge in [-0.1, -0.05) is 18.5 Å². The Labute approximate surface area is 108 Å². The number of nitrogen functional groups attached to an aromatic ring is 1. The third-order valence-corrected chi connectivity index (χ3v) is 2.73. The molecule has 0 saturated carbocycles. The van der Waals surface area contributed by atoms with Crippen molar-refractivity contribution in [3.8, 4) is 11.3 Å². The highest BCUT2D eigenvalue weighted by molar-refractivity contribution is 5.67. The molecule has 19 heavy (non-hydrogen) atoms. The zero-order valence-corrected chi connectivity index (χ0v) is 10.2. The van der Waals surface area contributed by atoms with Crippen LogP contribution in [-0.4, -0.2) is 10.1 Å². The first-order valence-corrected chi connectivity index (χ1v) is 5.73. The number of benzene rings is 1. The van der Waals surface area contributed by atoms with Crippen LogP contribution in [0.2, 0.25) is 0 Å². The molecule has 0 radical (unpaired) electrons. The van der Waals surface area contributed by atoms with Crippen LogP contribution < -0.4 is 5.73 Å². The molecule has 1 heterocycles. The van der Waals surface area contributed by atoms with Gasteiger partial charge in [-0.2, -0.15) is 0 Å². The predicted molar refractivity (Wildman–Crippen MR) is 67.0 cm³/mol. The molecule has 2 N–H and O–H groups in total. The lowest BCUT2D eigenvalue weighted by atomic mass is 10.0. The van der Waals surface area contributed by atoms with Crippen LogP contribution in [0.4, 0.5) is 15.9 Å². The van der Waals surface area contributed by atoms with Gasteiger partial charge in [0, 0.05) is 11.6 Å². The topological polar surface area (TPSA) is 95.2 Å². The van der Waals surface area contributed by atoms with Gasteiger partial charge in [-0.05, 0) is 12.5 Å². The minimum atomic E-state index is -0.734. The van der Waals surface area contributed by atoms with E-state index in [0.29, 0.717) is 12.0 Å². The van der Waals surface area contributed by atoms with E-state index in [9.17, 15) is 14.5 Å². The number of hydrogen-bond donors (Lipinski definition) is 1. The number of halogens is 1. The first-order valence-electron chi connectivity index (χ1n) is 5.73. The molecule has 0 aliphatic heterocycles. The number of anilines is 1. The number of nitrogens with two attached hydrogens (primary N) is 1. The maximum atomic E-state index is 13.9. The summed E-state index contributed by atoms with van der Waals surface area (Å²) in [4.78, 5) is 9.90. The Kier molecular flexibility index (Phi) is 3.46. The molecule has 0 amide bonds. The van der Waals surface area contributed by atoms with Gasteiger partial charge in [-0.25, -0.2) is 4.39 Å². The first kappa shape index (κ1) is 13.0. The Balaban J connectivity index is 2.50. The highest BCUT2D eigenvalue weighted by atomic mass is 19.1. The molecule has 0 unspecified atom stereocenters. The fourth-order valence-corrected chi connectivity index (χ4v) is 1.83. The summed E-state index contributed by atoms with van der Waals surface area (Å²) in [6.07, 6.45) is 1.40. The van der Waals surface area contributed by atoms with E-state index < -0.39 is 10.7 Å². The summed E-state index contributed by atoms with van der Waals surface area (Å²) in [6, 6.07) is 3.36. The summed E-state index contributed by atoms with van der Waals surface area (Å²) in [6.45, 7) is 1.95. The number of aromatic nitrogens is 1. The largest absolute Gasteiger partial charge is 0.381 e. The molecule has 0 saturated heterocycles. The summed E-state index contributed by atoms with van der Waals surface area (Å²) in [5, 5.41) is 14.2. The lowest BCUT2D eigenvalue weighted by Gasteiger charge is -2.02. The Morgan fingerprint density at radius 3 is 2.84 bits per heavy atom. The second kappa shape index (κ2) is 5.05. The normalized spacial score (nSPS) is 10.6. The lowest BCUT2D eigenvalue weighted by Crippen LogP contribution is -1.95. The molecule has 2 aromatic rings. The second-order valence-corrected chi connectivity index (χ2v) is 4.05. The molecule has 1 aromatic heterocycles. The number of non-ortho nitro benzene ring substituents is 1. The van der Waals surface area contributed by atoms with Crippen molar-refractivity contribution in [1.82, 2.24) is 5.16 Å². The van der Waals surface area contributed by atoms with Gasteiger partial charge >= 0.3 is 0 Å². The zero-order valence-electron chi connectivity index (χ0n) is 10.2. The van der Waals surface area contributed by atoms with Gasteiger partial charge in [0.15, 0.2) is 11.6 Å². The molecular formula is C12H12FN3O3. The summed E-state index contributed by atoms with van der Waals surface area (Å²) in [5.41, 5.74) is 6.09. The fraction of sp³-hybridized carbons (Fsp3) is 0.250. The van der Waals surface area contributed by atoms with Gasteiger partial charge < -0.3 is 10.3 Å². The summed E-state index contributed by atoms with van der Waals surface area (Å²) >= 11 is 0. The number of hydrogen-bond acceptors (Lipinski definition) is 5. The molecule has 0 spiro atoms. The van der Waals surface area contributed by atoms with Crippen molar-refractivity contribution < 1.29 is 13.8 Å². The zero-order chi connectivity index (χ0) is 14.0. The SMILES string of the molecule is CCCc1c(N)noc1-c1ccc([N+](=O)[O-])cc1F. The van der Waals surface area contributed by atoms with E-state index in [2.05, 4.69) is 5.16 Å². The van der Waals surface area contributed by atoms with Crippen molar-refractivity contribution in [3.63, 3.8) is 0 Å². The summed E-state index contributed by atoms with van der Waals surface area (Å²) in [7, 11) is 0. The van der Waals surface area contributed by atoms with Gasteiger partial charge in [-0.3, -0.25) is 10.1 Å². The van der Waals surface area contributed by atoms with E-state index >= 15 is 0 Å². The van der Waals surface area contributed by atoms with E-state index in [1.807, 2.05) is 6.92 Å². The molecule has 0 aliphatic carbocycles. The molecule has 100 valence electrons. The Hall–Kier alpha value is -2.44. The van der Waals surface area contributed by atoms with Crippen molar-refractivity contribution in [1.29, 1.82) is 0 Å². The van der Waals surface area contributed by atoms with Crippen molar-refractivity contribution in [2.45, 2.75) is 19.8 Å². The van der Waals surface area contributed by atoms with Crippen LogP contribution >= 0.6 is 0 Å². The van der Waals surface area contributed by atoms with Crippen molar-refractivity contribution >= 4 is 11.5 Å². The monoisotopic (exact) mass is 265 g/mol. The third kappa shape index (κ3) is 2.40. The van der Waals surface area contributed by atoms with Gasteiger partial charge in [-0.15, -0.1) is 0 Å². The van der Waals surface area contributed by atoms with Gasteiger partial charge in [0.2, 0.25) is 0 Å². The number of nitrogens with zero attached hydrogens (tertiary/aromatic N) is 2. The standard InChI is InChI=1S/C12H12FN3O3/c1-2-3-9-11(19-15-12(9)14)8-5-4-7(16(17)18)6-10(8)13/h4-6H,2-3H2,1H3,(H2,14,15). The van der Waals surface area contributed by atoms with Crippen LogP contribution in [-0.2, 0) is 6.42 Å². The van der Waals surface area contributed by atoms with Gasteiger partial charge in [0.05, 0.1) is 16.6 Å². The maximum absolute atomic E-state index is 13.9. The number of rotatable bonds is 4. The van der Waals surface area contributed by atoms with Crippen LogP contribution in [0.3, 0.4) is 0 Å². The number of nitro benzene ring substituents is 1. The molecule has 0 aliphatic rings. The highest BCUT2D eigenvalue weighted by Gasteiger charge is 2.20. The lowest BCUT2D eigenvalue weighted by molar-refractivity contribution is -0.385. The molecule has 1 aromatic carbocycles. The molecule has 2 rings (SSSR count). The minimum absolute atomic E-state index is 0.123. The minimum Gasteiger partial charge on any atom is -0.381 e. The summed E-state index contributed by atoms with van der Waals surface area (Å²) < 4.78 is 18.9. The second-order valence-electron chi connectivity index (χ2n) is 4.05. The average molecular weight is 265 g/mol. The first-order chi connectivity index (χ1) is 9.04. The van der Waals surface area contributed by atoms with Crippen LogP contribution in [0.15, 0.2) is 22.7 Å². The van der Waals surface area contributed by atoms with Gasteiger partial charge in [0.1, 0.15) is 5.82 Å². The van der Waals surface area contributed by atoms with Crippen LogP contribution in [0, 0.1) is 15.9 Å². The average Bonchev–Trinajstić information content (AvgIpc) is 2.72. The van der Waals surface area contributed by atoms with Gasteiger partial charge in [0.25, 0.3) is 5.69 Å². The third-order valence-electron chi connectivity index (χ3n) is 2.73. The van der Waals surface area contributed by atoms with E-state index in [4.69, 9.17) is 10.3 Å². The van der Waals surface area contributed by atoms with E-state index in [1.165, 1.54) is 12.1 Å². The van der Waals surface area contributed by atoms with Crippen LogP contribution in [0.1, 0.15) is 18.9 Å². The Morgan fingerprint density at radius 2 is 2.26 bits per heavy atom. The van der Waals surface area contributed by atoms with Crippen molar-refractivity contribution in [3.05, 3.63) is 39.7 Å². The molecule has 6 nitrogen and oxygen atoms in total. The van der Waals surface area contributed by atoms with Crippen LogP contribution in [0.5, 0.6) is 0 Å². The molecule has 0 fully saturated rings. The molecule has 0 bridgehead atoms. The van der Waals surface area contributed by atoms with E-state index in [1.54, 1.807) is 0 Å². The fourth-order valence-electron chi connectivity index (χ4n) is 1.83. The van der Waals surface area contributed by atoms with Crippen molar-refractivity contribution in [2.24, 2.45) is 0 Å². The van der Waals surface area contributed by atoms with Crippen molar-refractivity contribution in [2.75, 3.05) is 5.73 Å². The Morgan fingerprint density at radius 1 is 1.53 bits per heavy atom. The smallest absolute Gasteiger partial charge is 0.272 e. The number of nitro groups is 1. The quantitative estimate of drug-likeness (QED) is 0.677. The molecular weight excluding hydrogens is 253 g/mol. The Bertz CT molecular complexity index is 625. The highest BCUT2D eigenvalue weighted by Crippen LogP contribution is 2.32. The maximum Gasteiger partial charge on any atom is 0.272 e. The van der Waals surface area contributed by atoms with Crippen LogP contribution in [0.25, 0.3) is 11.3 Å². The van der Waals surface area contributed by atoms with E-state index in [0.717, 1.165) is 12.5 Å². The van der Waals surface area contributed by atoms with E-state index in [-0.39, 0.29) is 22.8 Å². The summed E-state index contributed by atoms with van der Waals surface area (Å²) in [5.74, 6) is -0.288. The molecule has 7 heteroatoms. The predicted octanol–water partition coefficient (Wildman–Crippen LogP) is 2.92.